The second kappa shape index (κ2) is 8.00. The van der Waals surface area contributed by atoms with E-state index >= 15 is 0 Å². The first-order valence-corrected chi connectivity index (χ1v) is 15.4. The lowest BCUT2D eigenvalue weighted by atomic mass is 9.32. The topological polar surface area (TPSA) is 0 Å². The quantitative estimate of drug-likeness (QED) is 0.396. The van der Waals surface area contributed by atoms with Gasteiger partial charge in [-0.05, 0) is 127 Å². The number of hydrogen-bond acceptors (Lipinski definition) is 0. The normalized spacial score (nSPS) is 54.0. The molecule has 0 heteroatoms. The summed E-state index contributed by atoms with van der Waals surface area (Å²) < 4.78 is 0. The third-order valence-electron chi connectivity index (χ3n) is 14.5. The molecule has 0 N–H and O–H groups in total. The fraction of sp³-hybridized carbons (Fsp3) is 1.00. The van der Waals surface area contributed by atoms with Crippen molar-refractivity contribution in [3.8, 4) is 0 Å². The molecule has 0 nitrogen and oxygen atoms in total. The van der Waals surface area contributed by atoms with Crippen LogP contribution in [0, 0.1) is 62.6 Å². The summed E-state index contributed by atoms with van der Waals surface area (Å²) in [4.78, 5) is 0. The molecule has 190 valence electrons. The highest BCUT2D eigenvalue weighted by Gasteiger charge is 2.70. The second-order valence-electron chi connectivity index (χ2n) is 15.9. The predicted octanol–water partition coefficient (Wildman–Crippen LogP) is 10.3. The van der Waals surface area contributed by atoms with E-state index in [0.29, 0.717) is 27.1 Å². The SMILES string of the molecule is CCCC[C@@H](C)[C@@H]1CC[C@@]2(C)[C@@H]1CC[C@]1(C)[C@@H]2CC[C@@H]2[C@@]3(C)CCCC(C)(C)[C@@H]3CC[C@]21C. The molecule has 5 aliphatic rings. The lowest BCUT2D eigenvalue weighted by molar-refractivity contribution is -0.241. The average Bonchev–Trinajstić information content (AvgIpc) is 3.09. The maximum Gasteiger partial charge on any atom is -0.0235 e. The van der Waals surface area contributed by atoms with Crippen molar-refractivity contribution in [2.75, 3.05) is 0 Å². The van der Waals surface area contributed by atoms with E-state index in [1.807, 2.05) is 0 Å². The fourth-order valence-corrected chi connectivity index (χ4v) is 12.8. The summed E-state index contributed by atoms with van der Waals surface area (Å²) in [5.41, 5.74) is 2.90. The molecule has 5 rings (SSSR count). The van der Waals surface area contributed by atoms with Crippen molar-refractivity contribution in [1.29, 1.82) is 0 Å². The molecule has 5 aliphatic carbocycles. The van der Waals surface area contributed by atoms with Crippen LogP contribution in [0.15, 0.2) is 0 Å². The monoisotopic (exact) mass is 454 g/mol. The minimum absolute atomic E-state index is 0.559. The van der Waals surface area contributed by atoms with E-state index in [1.54, 1.807) is 12.8 Å². The van der Waals surface area contributed by atoms with Crippen molar-refractivity contribution < 1.29 is 0 Å². The van der Waals surface area contributed by atoms with Gasteiger partial charge in [0.15, 0.2) is 0 Å². The van der Waals surface area contributed by atoms with Gasteiger partial charge in [0.2, 0.25) is 0 Å². The van der Waals surface area contributed by atoms with Crippen molar-refractivity contribution >= 4 is 0 Å². The third kappa shape index (κ3) is 3.26. The molecule has 0 unspecified atom stereocenters. The molecule has 0 amide bonds. The molecule has 0 spiro atoms. The summed E-state index contributed by atoms with van der Waals surface area (Å²) in [5.74, 6) is 5.88. The molecule has 10 atom stereocenters. The van der Waals surface area contributed by atoms with Crippen molar-refractivity contribution in [2.45, 2.75) is 145 Å². The van der Waals surface area contributed by atoms with Crippen LogP contribution in [0.5, 0.6) is 0 Å². The van der Waals surface area contributed by atoms with Crippen molar-refractivity contribution in [2.24, 2.45) is 62.6 Å². The lowest BCUT2D eigenvalue weighted by Crippen LogP contribution is -2.65. The third-order valence-corrected chi connectivity index (χ3v) is 14.5. The van der Waals surface area contributed by atoms with E-state index < -0.39 is 0 Å². The first-order valence-electron chi connectivity index (χ1n) is 15.4. The van der Waals surface area contributed by atoms with Gasteiger partial charge in [0.05, 0.1) is 0 Å². The number of unbranched alkanes of at least 4 members (excludes halogenated alkanes) is 1. The second-order valence-corrected chi connectivity index (χ2v) is 15.9. The van der Waals surface area contributed by atoms with Crippen LogP contribution in [0.25, 0.3) is 0 Å². The summed E-state index contributed by atoms with van der Waals surface area (Å²) in [6.07, 6.45) is 21.0. The largest absolute Gasteiger partial charge is 0.0654 e. The van der Waals surface area contributed by atoms with Gasteiger partial charge in [0.1, 0.15) is 0 Å². The van der Waals surface area contributed by atoms with E-state index in [-0.39, 0.29) is 0 Å². The summed E-state index contributed by atoms with van der Waals surface area (Å²) in [6, 6.07) is 0. The zero-order valence-electron chi connectivity index (χ0n) is 23.9. The van der Waals surface area contributed by atoms with Crippen molar-refractivity contribution in [3.05, 3.63) is 0 Å². The lowest BCUT2D eigenvalue weighted by Gasteiger charge is -2.73. The Hall–Kier alpha value is 0. The smallest absolute Gasteiger partial charge is 0.0235 e. The molecule has 5 fully saturated rings. The van der Waals surface area contributed by atoms with Gasteiger partial charge < -0.3 is 0 Å². The van der Waals surface area contributed by atoms with Crippen LogP contribution in [0.3, 0.4) is 0 Å². The maximum absolute atomic E-state index is 2.83. The van der Waals surface area contributed by atoms with Crippen LogP contribution in [0.4, 0.5) is 0 Å². The van der Waals surface area contributed by atoms with Gasteiger partial charge in [-0.15, -0.1) is 0 Å². The molecule has 5 saturated carbocycles. The summed E-state index contributed by atoms with van der Waals surface area (Å²) in [5, 5.41) is 0. The Morgan fingerprint density at radius 2 is 1.30 bits per heavy atom. The highest BCUT2D eigenvalue weighted by Crippen LogP contribution is 2.78. The van der Waals surface area contributed by atoms with Gasteiger partial charge in [-0.25, -0.2) is 0 Å². The minimum Gasteiger partial charge on any atom is -0.0654 e. The molecule has 0 aromatic heterocycles. The van der Waals surface area contributed by atoms with Crippen LogP contribution in [0.1, 0.15) is 145 Å². The van der Waals surface area contributed by atoms with Crippen molar-refractivity contribution in [1.82, 2.24) is 0 Å². The van der Waals surface area contributed by atoms with Crippen molar-refractivity contribution in [3.63, 3.8) is 0 Å². The van der Waals surface area contributed by atoms with E-state index in [0.717, 1.165) is 35.5 Å². The number of fused-ring (bicyclic) bond motifs is 7. The van der Waals surface area contributed by atoms with Crippen LogP contribution < -0.4 is 0 Å². The van der Waals surface area contributed by atoms with Gasteiger partial charge in [0.25, 0.3) is 0 Å². The van der Waals surface area contributed by atoms with E-state index in [9.17, 15) is 0 Å². The molecule has 0 aromatic rings. The molecule has 0 radical (unpaired) electrons. The molecule has 33 heavy (non-hydrogen) atoms. The van der Waals surface area contributed by atoms with Crippen LogP contribution in [-0.2, 0) is 0 Å². The average molecular weight is 455 g/mol. The maximum atomic E-state index is 2.83. The van der Waals surface area contributed by atoms with Gasteiger partial charge in [0, 0.05) is 0 Å². The summed E-state index contributed by atoms with van der Waals surface area (Å²) in [7, 11) is 0. The zero-order chi connectivity index (χ0) is 23.9. The Bertz CT molecular complexity index is 734. The highest BCUT2D eigenvalue weighted by atomic mass is 14.7. The summed E-state index contributed by atoms with van der Waals surface area (Å²) >= 11 is 0. The molecular formula is C33H58. The molecule has 0 bridgehead atoms. The Labute approximate surface area is 207 Å². The Balaban J connectivity index is 1.45. The van der Waals surface area contributed by atoms with Gasteiger partial charge in [-0.2, -0.15) is 0 Å². The van der Waals surface area contributed by atoms with Crippen LogP contribution >= 0.6 is 0 Å². The molecule has 0 aromatic carbocycles. The van der Waals surface area contributed by atoms with E-state index in [1.165, 1.54) is 77.0 Å². The van der Waals surface area contributed by atoms with Gasteiger partial charge in [-0.3, -0.25) is 0 Å². The number of rotatable bonds is 4. The first kappa shape index (κ1) is 24.7. The molecular weight excluding hydrogens is 396 g/mol. The van der Waals surface area contributed by atoms with E-state index in [2.05, 4.69) is 55.4 Å². The molecule has 0 saturated heterocycles. The predicted molar refractivity (Wildman–Crippen MR) is 143 cm³/mol. The fourth-order valence-electron chi connectivity index (χ4n) is 12.8. The van der Waals surface area contributed by atoms with Gasteiger partial charge in [-0.1, -0.05) is 81.1 Å². The Kier molecular flexibility index (Phi) is 5.98. The van der Waals surface area contributed by atoms with Crippen LogP contribution in [-0.4, -0.2) is 0 Å². The number of hydrogen-bond donors (Lipinski definition) is 0. The van der Waals surface area contributed by atoms with Crippen LogP contribution in [0.2, 0.25) is 0 Å². The summed E-state index contributed by atoms with van der Waals surface area (Å²) in [6.45, 7) is 21.5. The Morgan fingerprint density at radius 3 is 1.97 bits per heavy atom. The van der Waals surface area contributed by atoms with E-state index in [4.69, 9.17) is 0 Å². The first-order chi connectivity index (χ1) is 15.4. The Morgan fingerprint density at radius 1 is 0.667 bits per heavy atom. The molecule has 0 heterocycles. The zero-order valence-corrected chi connectivity index (χ0v) is 23.9. The highest BCUT2D eigenvalue weighted by molar-refractivity contribution is 5.19. The molecule has 0 aliphatic heterocycles. The standard InChI is InChI=1S/C33H58/c1-9-10-12-23(2)24-15-20-30(5)25(24)16-21-32(7)27(30)13-14-28-31(6)19-11-18-29(3,4)26(31)17-22-33(28,32)8/h23-28H,9-22H2,1-8H3/t23-,24+,25-,26+,27-,28-,30+,31+,32-,33-/m1/s1. The minimum atomic E-state index is 0.559. The van der Waals surface area contributed by atoms with Gasteiger partial charge >= 0.3 is 0 Å².